The summed E-state index contributed by atoms with van der Waals surface area (Å²) in [5, 5.41) is 2.91. The van der Waals surface area contributed by atoms with Gasteiger partial charge in [0.05, 0.1) is 18.4 Å². The lowest BCUT2D eigenvalue weighted by molar-refractivity contribution is 0.0497. The van der Waals surface area contributed by atoms with E-state index >= 15 is 0 Å². The van der Waals surface area contributed by atoms with Crippen molar-refractivity contribution >= 4 is 34.0 Å². The number of carbonyl (C=O) groups excluding carboxylic acids is 2. The first kappa shape index (κ1) is 19.5. The molecule has 0 atom stereocenters. The first-order chi connectivity index (χ1) is 11.7. The maximum atomic E-state index is 11.9. The van der Waals surface area contributed by atoms with Crippen molar-refractivity contribution in [1.82, 2.24) is 10.3 Å². The lowest BCUT2D eigenvalue weighted by Gasteiger charge is -2.35. The van der Waals surface area contributed by atoms with Gasteiger partial charge in [0.15, 0.2) is 6.29 Å². The molecule has 0 radical (unpaired) electrons. The van der Waals surface area contributed by atoms with E-state index in [1.807, 2.05) is 20.8 Å². The molecule has 0 aliphatic carbocycles. The number of hydrogen-bond acceptors (Lipinski definition) is 6. The SMILES string of the molecule is COc1ncc(C=O)c(N2CCC(NC(=O)OC(C)(C)C)CC2)c1Br. The fourth-order valence-corrected chi connectivity index (χ4v) is 3.49. The van der Waals surface area contributed by atoms with E-state index in [2.05, 4.69) is 31.1 Å². The van der Waals surface area contributed by atoms with Crippen LogP contribution in [0.3, 0.4) is 0 Å². The van der Waals surface area contributed by atoms with Gasteiger partial charge in [-0.15, -0.1) is 0 Å². The zero-order chi connectivity index (χ0) is 18.6. The third kappa shape index (κ3) is 5.07. The molecule has 1 N–H and O–H groups in total. The number of halogens is 1. The molecule has 0 aromatic carbocycles. The topological polar surface area (TPSA) is 80.8 Å². The molecule has 0 unspecified atom stereocenters. The second-order valence-corrected chi connectivity index (χ2v) is 7.70. The summed E-state index contributed by atoms with van der Waals surface area (Å²) in [6.07, 6.45) is 3.42. The standard InChI is InChI=1S/C17H24BrN3O4/c1-17(2,3)25-16(23)20-12-5-7-21(8-6-12)14-11(10-22)9-19-15(24-4)13(14)18/h9-10,12H,5-8H2,1-4H3,(H,20,23). The Labute approximate surface area is 156 Å². The zero-order valence-electron chi connectivity index (χ0n) is 15.0. The van der Waals surface area contributed by atoms with E-state index in [0.717, 1.165) is 24.8 Å². The number of hydrogen-bond donors (Lipinski definition) is 1. The Hall–Kier alpha value is -1.83. The number of methoxy groups -OCH3 is 1. The van der Waals surface area contributed by atoms with Crippen LogP contribution >= 0.6 is 15.9 Å². The van der Waals surface area contributed by atoms with Gasteiger partial charge in [-0.2, -0.15) is 0 Å². The molecule has 1 aliphatic heterocycles. The fraction of sp³-hybridized carbons (Fsp3) is 0.588. The minimum absolute atomic E-state index is 0.0493. The van der Waals surface area contributed by atoms with E-state index in [0.29, 0.717) is 29.0 Å². The van der Waals surface area contributed by atoms with Gasteiger partial charge in [0.25, 0.3) is 0 Å². The highest BCUT2D eigenvalue weighted by Gasteiger charge is 2.26. The van der Waals surface area contributed by atoms with Gasteiger partial charge >= 0.3 is 6.09 Å². The molecule has 1 aromatic heterocycles. The van der Waals surface area contributed by atoms with Crippen molar-refractivity contribution in [3.8, 4) is 5.88 Å². The molecular weight excluding hydrogens is 390 g/mol. The Morgan fingerprint density at radius 1 is 1.40 bits per heavy atom. The number of nitrogens with zero attached hydrogens (tertiary/aromatic N) is 2. The minimum Gasteiger partial charge on any atom is -0.480 e. The van der Waals surface area contributed by atoms with Crippen LogP contribution in [0.5, 0.6) is 5.88 Å². The predicted molar refractivity (Wildman–Crippen MR) is 98.5 cm³/mol. The van der Waals surface area contributed by atoms with Gasteiger partial charge < -0.3 is 19.7 Å². The number of rotatable bonds is 4. The van der Waals surface area contributed by atoms with Gasteiger partial charge in [-0.1, -0.05) is 0 Å². The van der Waals surface area contributed by atoms with Gasteiger partial charge in [-0.3, -0.25) is 4.79 Å². The number of ether oxygens (including phenoxy) is 2. The average molecular weight is 414 g/mol. The first-order valence-electron chi connectivity index (χ1n) is 8.17. The van der Waals surface area contributed by atoms with Crippen LogP contribution in [0, 0.1) is 0 Å². The molecule has 0 saturated carbocycles. The van der Waals surface area contributed by atoms with Crippen molar-refractivity contribution in [1.29, 1.82) is 0 Å². The number of nitrogens with one attached hydrogen (secondary N) is 1. The number of aldehydes is 1. The Balaban J connectivity index is 2.03. The number of alkyl carbamates (subject to hydrolysis) is 1. The molecule has 8 heteroatoms. The number of piperidine rings is 1. The normalized spacial score (nSPS) is 15.6. The summed E-state index contributed by atoms with van der Waals surface area (Å²) >= 11 is 3.48. The maximum absolute atomic E-state index is 11.9. The lowest BCUT2D eigenvalue weighted by atomic mass is 10.0. The molecule has 1 aromatic rings. The summed E-state index contributed by atoms with van der Waals surface area (Å²) in [5.74, 6) is 0.439. The maximum Gasteiger partial charge on any atom is 0.407 e. The van der Waals surface area contributed by atoms with E-state index < -0.39 is 11.7 Å². The molecule has 1 fully saturated rings. The van der Waals surface area contributed by atoms with Gasteiger partial charge in [0, 0.05) is 25.3 Å². The Bertz CT molecular complexity index is 638. The van der Waals surface area contributed by atoms with Crippen molar-refractivity contribution in [3.63, 3.8) is 0 Å². The minimum atomic E-state index is -0.512. The molecule has 25 heavy (non-hydrogen) atoms. The highest BCUT2D eigenvalue weighted by Crippen LogP contribution is 2.36. The third-order valence-electron chi connectivity index (χ3n) is 3.84. The molecule has 7 nitrogen and oxygen atoms in total. The van der Waals surface area contributed by atoms with Gasteiger partial charge in [0.1, 0.15) is 10.1 Å². The van der Waals surface area contributed by atoms with Crippen molar-refractivity contribution in [3.05, 3.63) is 16.2 Å². The van der Waals surface area contributed by atoms with Crippen molar-refractivity contribution in [2.24, 2.45) is 0 Å². The number of pyridine rings is 1. The van der Waals surface area contributed by atoms with E-state index in [9.17, 15) is 9.59 Å². The van der Waals surface area contributed by atoms with Gasteiger partial charge in [0.2, 0.25) is 5.88 Å². The highest BCUT2D eigenvalue weighted by atomic mass is 79.9. The number of aromatic nitrogens is 1. The fourth-order valence-electron chi connectivity index (χ4n) is 2.75. The summed E-state index contributed by atoms with van der Waals surface area (Å²) < 4.78 is 11.2. The van der Waals surface area contributed by atoms with Crippen LogP contribution in [0.2, 0.25) is 0 Å². The number of carbonyl (C=O) groups is 2. The summed E-state index contributed by atoms with van der Waals surface area (Å²) in [6, 6.07) is 0.0493. The van der Waals surface area contributed by atoms with Crippen molar-refractivity contribution in [2.45, 2.75) is 45.3 Å². The molecule has 0 bridgehead atoms. The zero-order valence-corrected chi connectivity index (χ0v) is 16.6. The van der Waals surface area contributed by atoms with Crippen molar-refractivity contribution in [2.75, 3.05) is 25.1 Å². The highest BCUT2D eigenvalue weighted by molar-refractivity contribution is 9.10. The largest absolute Gasteiger partial charge is 0.480 e. The predicted octanol–water partition coefficient (Wildman–Crippen LogP) is 3.16. The van der Waals surface area contributed by atoms with E-state index in [-0.39, 0.29) is 6.04 Å². The van der Waals surface area contributed by atoms with Crippen molar-refractivity contribution < 1.29 is 19.1 Å². The van der Waals surface area contributed by atoms with E-state index in [4.69, 9.17) is 9.47 Å². The molecule has 2 rings (SSSR count). The van der Waals surface area contributed by atoms with Crippen LogP contribution in [0.15, 0.2) is 10.7 Å². The Morgan fingerprint density at radius 2 is 2.04 bits per heavy atom. The van der Waals surface area contributed by atoms with Gasteiger partial charge in [-0.05, 0) is 49.5 Å². The summed E-state index contributed by atoms with van der Waals surface area (Å²) in [4.78, 5) is 29.5. The molecule has 1 saturated heterocycles. The third-order valence-corrected chi connectivity index (χ3v) is 4.56. The van der Waals surface area contributed by atoms with Crippen LogP contribution < -0.4 is 15.0 Å². The summed E-state index contributed by atoms with van der Waals surface area (Å²) in [5.41, 5.74) is 0.769. The lowest BCUT2D eigenvalue weighted by Crippen LogP contribution is -2.46. The van der Waals surface area contributed by atoms with Crippen LogP contribution in [0.4, 0.5) is 10.5 Å². The Morgan fingerprint density at radius 3 is 2.56 bits per heavy atom. The molecule has 1 aliphatic rings. The molecule has 2 heterocycles. The van der Waals surface area contributed by atoms with E-state index in [1.165, 1.54) is 13.3 Å². The van der Waals surface area contributed by atoms with Crippen LogP contribution in [0.25, 0.3) is 0 Å². The Kier molecular flexibility index (Phi) is 6.26. The van der Waals surface area contributed by atoms with Crippen LogP contribution in [0.1, 0.15) is 44.0 Å². The summed E-state index contributed by atoms with van der Waals surface area (Å²) in [6.45, 7) is 6.92. The van der Waals surface area contributed by atoms with E-state index in [1.54, 1.807) is 0 Å². The number of amides is 1. The monoisotopic (exact) mass is 413 g/mol. The second kappa shape index (κ2) is 8.03. The average Bonchev–Trinajstić information content (AvgIpc) is 2.53. The number of anilines is 1. The second-order valence-electron chi connectivity index (χ2n) is 6.91. The molecule has 138 valence electrons. The molecular formula is C17H24BrN3O4. The van der Waals surface area contributed by atoms with Crippen LogP contribution in [-0.4, -0.2) is 49.2 Å². The first-order valence-corrected chi connectivity index (χ1v) is 8.96. The quantitative estimate of drug-likeness (QED) is 0.763. The molecule has 0 spiro atoms. The smallest absolute Gasteiger partial charge is 0.407 e. The summed E-state index contributed by atoms with van der Waals surface area (Å²) in [7, 11) is 1.54. The van der Waals surface area contributed by atoms with Crippen LogP contribution in [-0.2, 0) is 4.74 Å². The van der Waals surface area contributed by atoms with Gasteiger partial charge in [-0.25, -0.2) is 9.78 Å². The molecule has 1 amide bonds.